The molecule has 0 radical (unpaired) electrons. The maximum atomic E-state index is 14.1. The molecular weight excluding hydrogens is 315 g/mol. The molecule has 3 rings (SSSR count). The smallest absolute Gasteiger partial charge is 0.220 e. The van der Waals surface area contributed by atoms with Gasteiger partial charge in [-0.3, -0.25) is 4.79 Å². The van der Waals surface area contributed by atoms with E-state index in [0.29, 0.717) is 29.0 Å². The molecule has 1 N–H and O–H groups in total. The number of hydrogen-bond acceptors (Lipinski definition) is 2. The highest BCUT2D eigenvalue weighted by atomic mass is 35.5. The van der Waals surface area contributed by atoms with Crippen molar-refractivity contribution in [3.8, 4) is 0 Å². The zero-order valence-corrected chi connectivity index (χ0v) is 14.1. The maximum Gasteiger partial charge on any atom is 0.220 e. The highest BCUT2D eigenvalue weighted by Crippen LogP contribution is 2.34. The average Bonchev–Trinajstić information content (AvgIpc) is 2.51. The largest absolute Gasteiger partial charge is 0.369 e. The lowest BCUT2D eigenvalue weighted by Crippen LogP contribution is -2.38. The van der Waals surface area contributed by atoms with Gasteiger partial charge < -0.3 is 10.2 Å². The van der Waals surface area contributed by atoms with Crippen LogP contribution in [0.5, 0.6) is 0 Å². The van der Waals surface area contributed by atoms with Crippen LogP contribution in [0.15, 0.2) is 18.2 Å². The Bertz CT molecular complexity index is 558. The van der Waals surface area contributed by atoms with Gasteiger partial charge in [0.15, 0.2) is 0 Å². The van der Waals surface area contributed by atoms with Crippen LogP contribution in [-0.2, 0) is 4.79 Å². The van der Waals surface area contributed by atoms with Crippen molar-refractivity contribution < 1.29 is 9.18 Å². The number of nitrogens with zero attached hydrogens (tertiary/aromatic N) is 1. The average molecular weight is 339 g/mol. The Morgan fingerprint density at radius 3 is 2.65 bits per heavy atom. The van der Waals surface area contributed by atoms with Crippen molar-refractivity contribution in [1.29, 1.82) is 0 Å². The summed E-state index contributed by atoms with van der Waals surface area (Å²) in [5, 5.41) is 3.42. The molecule has 0 spiro atoms. The van der Waals surface area contributed by atoms with E-state index in [1.54, 1.807) is 12.1 Å². The third-order valence-corrected chi connectivity index (χ3v) is 5.46. The lowest BCUT2D eigenvalue weighted by atomic mass is 9.78. The molecule has 126 valence electrons. The molecule has 0 aromatic heterocycles. The monoisotopic (exact) mass is 338 g/mol. The quantitative estimate of drug-likeness (QED) is 0.884. The van der Waals surface area contributed by atoms with Crippen LogP contribution >= 0.6 is 11.6 Å². The van der Waals surface area contributed by atoms with Crippen LogP contribution in [-0.4, -0.2) is 25.5 Å². The standard InChI is InChI=1S/C18H24ClFN2O/c19-15-4-5-17(16(20)12-15)22-9-6-13(7-10-22)14-3-1-2-8-21-18(23)11-14/h4-5,12-14H,1-3,6-11H2,(H,21,23). The van der Waals surface area contributed by atoms with E-state index in [4.69, 9.17) is 11.6 Å². The van der Waals surface area contributed by atoms with E-state index in [0.717, 1.165) is 45.3 Å². The number of carbonyl (C=O) groups is 1. The number of halogens is 2. The van der Waals surface area contributed by atoms with Crippen LogP contribution in [0.2, 0.25) is 5.02 Å². The Hall–Kier alpha value is -1.29. The fourth-order valence-corrected chi connectivity index (χ4v) is 4.08. The molecule has 5 heteroatoms. The normalized spacial score (nSPS) is 24.0. The Balaban J connectivity index is 1.60. The van der Waals surface area contributed by atoms with Gasteiger partial charge in [0.25, 0.3) is 0 Å². The van der Waals surface area contributed by atoms with E-state index in [1.807, 2.05) is 0 Å². The Morgan fingerprint density at radius 2 is 1.91 bits per heavy atom. The summed E-state index contributed by atoms with van der Waals surface area (Å²) in [7, 11) is 0. The second-order valence-electron chi connectivity index (χ2n) is 6.73. The van der Waals surface area contributed by atoms with Crippen molar-refractivity contribution in [2.45, 2.75) is 38.5 Å². The molecule has 2 aliphatic rings. The minimum Gasteiger partial charge on any atom is -0.369 e. The molecule has 1 aromatic carbocycles. The highest BCUT2D eigenvalue weighted by Gasteiger charge is 2.29. The van der Waals surface area contributed by atoms with Crippen molar-refractivity contribution in [3.05, 3.63) is 29.0 Å². The number of rotatable bonds is 2. The summed E-state index contributed by atoms with van der Waals surface area (Å²) >= 11 is 5.83. The fourth-order valence-electron chi connectivity index (χ4n) is 3.92. The van der Waals surface area contributed by atoms with Gasteiger partial charge in [0, 0.05) is 31.1 Å². The molecule has 0 bridgehead atoms. The molecule has 1 amide bonds. The minimum atomic E-state index is -0.249. The second kappa shape index (κ2) is 7.52. The van der Waals surface area contributed by atoms with Gasteiger partial charge in [0.1, 0.15) is 5.82 Å². The second-order valence-corrected chi connectivity index (χ2v) is 7.17. The Labute approximate surface area is 142 Å². The summed E-state index contributed by atoms with van der Waals surface area (Å²) in [6.07, 6.45) is 6.13. The summed E-state index contributed by atoms with van der Waals surface area (Å²) < 4.78 is 14.1. The topological polar surface area (TPSA) is 32.3 Å². The number of amides is 1. The lowest BCUT2D eigenvalue weighted by Gasteiger charge is -2.37. The van der Waals surface area contributed by atoms with Gasteiger partial charge in [0.2, 0.25) is 5.91 Å². The summed E-state index contributed by atoms with van der Waals surface area (Å²) in [5.74, 6) is 1.00. The van der Waals surface area contributed by atoms with Gasteiger partial charge in [-0.2, -0.15) is 0 Å². The molecule has 3 nitrogen and oxygen atoms in total. The molecule has 2 fully saturated rings. The number of piperidine rings is 1. The molecule has 2 aliphatic heterocycles. The molecule has 2 heterocycles. The molecular formula is C18H24ClFN2O. The van der Waals surface area contributed by atoms with E-state index in [1.165, 1.54) is 12.5 Å². The molecule has 1 aromatic rings. The molecule has 1 unspecified atom stereocenters. The number of carbonyl (C=O) groups excluding carboxylic acids is 1. The van der Waals surface area contributed by atoms with Gasteiger partial charge in [-0.1, -0.05) is 18.0 Å². The highest BCUT2D eigenvalue weighted by molar-refractivity contribution is 6.30. The SMILES string of the molecule is O=C1CC(C2CCN(c3ccc(Cl)cc3F)CC2)CCCCN1. The van der Waals surface area contributed by atoms with E-state index in [2.05, 4.69) is 10.2 Å². The molecule has 23 heavy (non-hydrogen) atoms. The summed E-state index contributed by atoms with van der Waals surface area (Å²) in [6.45, 7) is 2.52. The van der Waals surface area contributed by atoms with Gasteiger partial charge in [-0.15, -0.1) is 0 Å². The first-order valence-electron chi connectivity index (χ1n) is 8.60. The van der Waals surface area contributed by atoms with Crippen LogP contribution < -0.4 is 10.2 Å². The molecule has 2 saturated heterocycles. The summed E-state index contributed by atoms with van der Waals surface area (Å²) in [6, 6.07) is 4.88. The maximum absolute atomic E-state index is 14.1. The fraction of sp³-hybridized carbons (Fsp3) is 0.611. The van der Waals surface area contributed by atoms with Crippen LogP contribution in [0.1, 0.15) is 38.5 Å². The Kier molecular flexibility index (Phi) is 5.42. The van der Waals surface area contributed by atoms with Gasteiger partial charge >= 0.3 is 0 Å². The molecule has 1 atom stereocenters. The van der Waals surface area contributed by atoms with E-state index < -0.39 is 0 Å². The predicted octanol–water partition coefficient (Wildman–Crippen LogP) is 4.00. The van der Waals surface area contributed by atoms with Crippen LogP contribution in [0.25, 0.3) is 0 Å². The Morgan fingerprint density at radius 1 is 1.13 bits per heavy atom. The van der Waals surface area contributed by atoms with E-state index in [-0.39, 0.29) is 11.7 Å². The van der Waals surface area contributed by atoms with Crippen molar-refractivity contribution in [3.63, 3.8) is 0 Å². The number of nitrogens with one attached hydrogen (secondary N) is 1. The lowest BCUT2D eigenvalue weighted by molar-refractivity contribution is -0.122. The zero-order valence-electron chi connectivity index (χ0n) is 13.4. The predicted molar refractivity (Wildman–Crippen MR) is 91.3 cm³/mol. The first-order valence-corrected chi connectivity index (χ1v) is 8.98. The van der Waals surface area contributed by atoms with E-state index >= 15 is 0 Å². The van der Waals surface area contributed by atoms with E-state index in [9.17, 15) is 9.18 Å². The summed E-state index contributed by atoms with van der Waals surface area (Å²) in [5.41, 5.74) is 0.642. The van der Waals surface area contributed by atoms with Gasteiger partial charge in [-0.05, 0) is 55.7 Å². The van der Waals surface area contributed by atoms with Crippen molar-refractivity contribution in [1.82, 2.24) is 5.32 Å². The number of anilines is 1. The summed E-state index contributed by atoms with van der Waals surface area (Å²) in [4.78, 5) is 14.0. The minimum absolute atomic E-state index is 0.195. The van der Waals surface area contributed by atoms with Crippen LogP contribution in [0.4, 0.5) is 10.1 Å². The third-order valence-electron chi connectivity index (χ3n) is 5.23. The van der Waals surface area contributed by atoms with Crippen molar-refractivity contribution in [2.24, 2.45) is 11.8 Å². The van der Waals surface area contributed by atoms with Gasteiger partial charge in [-0.25, -0.2) is 4.39 Å². The number of benzene rings is 1. The molecule has 0 saturated carbocycles. The first kappa shape index (κ1) is 16.6. The third kappa shape index (κ3) is 4.17. The molecule has 0 aliphatic carbocycles. The van der Waals surface area contributed by atoms with Crippen LogP contribution in [0.3, 0.4) is 0 Å². The number of hydrogen-bond donors (Lipinski definition) is 1. The van der Waals surface area contributed by atoms with Gasteiger partial charge in [0.05, 0.1) is 5.69 Å². The van der Waals surface area contributed by atoms with Crippen molar-refractivity contribution >= 4 is 23.2 Å². The zero-order chi connectivity index (χ0) is 16.2. The first-order chi connectivity index (χ1) is 11.1. The van der Waals surface area contributed by atoms with Crippen LogP contribution in [0, 0.1) is 17.7 Å². The van der Waals surface area contributed by atoms with Crippen molar-refractivity contribution in [2.75, 3.05) is 24.5 Å².